The fourth-order valence-corrected chi connectivity index (χ4v) is 2.57. The van der Waals surface area contributed by atoms with Crippen molar-refractivity contribution in [1.82, 2.24) is 10.2 Å². The molecule has 1 saturated heterocycles. The van der Waals surface area contributed by atoms with E-state index in [1.165, 1.54) is 44.3 Å². The van der Waals surface area contributed by atoms with E-state index >= 15 is 0 Å². The van der Waals surface area contributed by atoms with Crippen LogP contribution in [0.25, 0.3) is 0 Å². The Morgan fingerprint density at radius 3 is 2.50 bits per heavy atom. The maximum absolute atomic E-state index is 9.84. The van der Waals surface area contributed by atoms with Gasteiger partial charge >= 0.3 is 0 Å². The van der Waals surface area contributed by atoms with Gasteiger partial charge in [0, 0.05) is 19.1 Å². The molecule has 2 fully saturated rings. The SMILES string of the molecule is CC(C)=CCN1CCC(NCC(O)C2CC2)CC1. The van der Waals surface area contributed by atoms with Crippen LogP contribution < -0.4 is 5.32 Å². The zero-order chi connectivity index (χ0) is 13.0. The molecule has 1 unspecified atom stereocenters. The number of nitrogens with one attached hydrogen (secondary N) is 1. The van der Waals surface area contributed by atoms with Crippen LogP contribution in [0.5, 0.6) is 0 Å². The molecule has 1 saturated carbocycles. The fourth-order valence-electron chi connectivity index (χ4n) is 2.57. The third-order valence-corrected chi connectivity index (χ3v) is 4.13. The molecule has 3 nitrogen and oxygen atoms in total. The van der Waals surface area contributed by atoms with Crippen LogP contribution in [0, 0.1) is 5.92 Å². The molecule has 0 aromatic carbocycles. The lowest BCUT2D eigenvalue weighted by atomic mass is 10.0. The van der Waals surface area contributed by atoms with Gasteiger partial charge in [-0.1, -0.05) is 11.6 Å². The first-order valence-corrected chi connectivity index (χ1v) is 7.42. The molecule has 0 amide bonds. The molecule has 1 aliphatic carbocycles. The average molecular weight is 252 g/mol. The van der Waals surface area contributed by atoms with Crippen LogP contribution in [0.15, 0.2) is 11.6 Å². The molecule has 0 aromatic heterocycles. The lowest BCUT2D eigenvalue weighted by Gasteiger charge is -2.32. The summed E-state index contributed by atoms with van der Waals surface area (Å²) in [5.41, 5.74) is 1.41. The second kappa shape index (κ2) is 6.69. The van der Waals surface area contributed by atoms with Gasteiger partial charge in [0.1, 0.15) is 0 Å². The standard InChI is InChI=1S/C15H28N2O/c1-12(2)5-8-17-9-6-14(7-10-17)16-11-15(18)13-3-4-13/h5,13-16,18H,3-4,6-11H2,1-2H3. The summed E-state index contributed by atoms with van der Waals surface area (Å²) in [7, 11) is 0. The van der Waals surface area contributed by atoms with E-state index in [1.54, 1.807) is 0 Å². The zero-order valence-corrected chi connectivity index (χ0v) is 11.9. The van der Waals surface area contributed by atoms with E-state index < -0.39 is 0 Å². The van der Waals surface area contributed by atoms with Gasteiger partial charge < -0.3 is 10.4 Å². The number of likely N-dealkylation sites (tertiary alicyclic amines) is 1. The first kappa shape index (κ1) is 14.0. The average Bonchev–Trinajstić information content (AvgIpc) is 3.19. The second-order valence-corrected chi connectivity index (χ2v) is 6.17. The normalized spacial score (nSPS) is 23.9. The highest BCUT2D eigenvalue weighted by Crippen LogP contribution is 2.32. The van der Waals surface area contributed by atoms with Crippen LogP contribution in [-0.4, -0.2) is 48.3 Å². The van der Waals surface area contributed by atoms with Crippen molar-refractivity contribution in [3.63, 3.8) is 0 Å². The Balaban J connectivity index is 1.59. The molecule has 1 heterocycles. The van der Waals surface area contributed by atoms with E-state index in [1.807, 2.05) is 0 Å². The van der Waals surface area contributed by atoms with E-state index in [4.69, 9.17) is 0 Å². The molecule has 1 atom stereocenters. The van der Waals surface area contributed by atoms with Gasteiger partial charge in [0.05, 0.1) is 6.10 Å². The molecule has 2 aliphatic rings. The van der Waals surface area contributed by atoms with Gasteiger partial charge in [0.2, 0.25) is 0 Å². The van der Waals surface area contributed by atoms with Gasteiger partial charge in [-0.05, 0) is 58.5 Å². The van der Waals surface area contributed by atoms with E-state index in [-0.39, 0.29) is 6.10 Å². The molecule has 2 N–H and O–H groups in total. The number of aliphatic hydroxyl groups is 1. The summed E-state index contributed by atoms with van der Waals surface area (Å²) in [6.45, 7) is 8.58. The summed E-state index contributed by atoms with van der Waals surface area (Å²) in [4.78, 5) is 2.52. The van der Waals surface area contributed by atoms with Crippen LogP contribution in [0.2, 0.25) is 0 Å². The Labute approximate surface area is 111 Å². The van der Waals surface area contributed by atoms with E-state index in [2.05, 4.69) is 30.1 Å². The maximum Gasteiger partial charge on any atom is 0.0692 e. The number of piperidine rings is 1. The second-order valence-electron chi connectivity index (χ2n) is 6.17. The molecule has 1 aliphatic heterocycles. The monoisotopic (exact) mass is 252 g/mol. The lowest BCUT2D eigenvalue weighted by molar-refractivity contribution is 0.135. The molecule has 0 radical (unpaired) electrons. The third kappa shape index (κ3) is 4.71. The zero-order valence-electron chi connectivity index (χ0n) is 11.9. The summed E-state index contributed by atoms with van der Waals surface area (Å²) < 4.78 is 0. The predicted octanol–water partition coefficient (Wildman–Crippen LogP) is 1.78. The Morgan fingerprint density at radius 2 is 1.94 bits per heavy atom. The van der Waals surface area contributed by atoms with Crippen LogP contribution >= 0.6 is 0 Å². The Morgan fingerprint density at radius 1 is 1.28 bits per heavy atom. The molecule has 104 valence electrons. The quantitative estimate of drug-likeness (QED) is 0.707. The van der Waals surface area contributed by atoms with E-state index in [9.17, 15) is 5.11 Å². The Bertz CT molecular complexity index is 274. The number of nitrogens with zero attached hydrogens (tertiary/aromatic N) is 1. The number of hydrogen-bond acceptors (Lipinski definition) is 3. The topological polar surface area (TPSA) is 35.5 Å². The summed E-state index contributed by atoms with van der Waals surface area (Å²) in [5.74, 6) is 0.593. The van der Waals surface area contributed by atoms with Gasteiger partial charge in [-0.3, -0.25) is 4.90 Å². The molecule has 2 rings (SSSR count). The molecule has 3 heteroatoms. The number of rotatable bonds is 6. The molecule has 18 heavy (non-hydrogen) atoms. The number of aliphatic hydroxyl groups excluding tert-OH is 1. The summed E-state index contributed by atoms with van der Waals surface area (Å²) >= 11 is 0. The highest BCUT2D eigenvalue weighted by Gasteiger charge is 2.30. The highest BCUT2D eigenvalue weighted by molar-refractivity contribution is 4.95. The van der Waals surface area contributed by atoms with E-state index in [0.29, 0.717) is 12.0 Å². The largest absolute Gasteiger partial charge is 0.392 e. The summed E-state index contributed by atoms with van der Waals surface area (Å²) in [6, 6.07) is 0.612. The van der Waals surface area contributed by atoms with Crippen molar-refractivity contribution in [2.45, 2.75) is 51.7 Å². The minimum absolute atomic E-state index is 0.103. The molecular weight excluding hydrogens is 224 g/mol. The molecule has 0 aromatic rings. The van der Waals surface area contributed by atoms with Crippen LogP contribution in [0.1, 0.15) is 39.5 Å². The Hall–Kier alpha value is -0.380. The third-order valence-electron chi connectivity index (χ3n) is 4.13. The summed E-state index contributed by atoms with van der Waals surface area (Å²) in [6.07, 6.45) is 7.09. The predicted molar refractivity (Wildman–Crippen MR) is 75.6 cm³/mol. The molecule has 0 spiro atoms. The van der Waals surface area contributed by atoms with E-state index in [0.717, 1.165) is 13.1 Å². The van der Waals surface area contributed by atoms with Crippen LogP contribution in [-0.2, 0) is 0 Å². The Kier molecular flexibility index (Phi) is 5.22. The molecule has 0 bridgehead atoms. The van der Waals surface area contributed by atoms with Gasteiger partial charge in [0.25, 0.3) is 0 Å². The smallest absolute Gasteiger partial charge is 0.0692 e. The maximum atomic E-state index is 9.84. The van der Waals surface area contributed by atoms with Gasteiger partial charge in [0.15, 0.2) is 0 Å². The molecular formula is C15H28N2O. The van der Waals surface area contributed by atoms with Gasteiger partial charge in [-0.25, -0.2) is 0 Å². The van der Waals surface area contributed by atoms with Gasteiger partial charge in [-0.15, -0.1) is 0 Å². The van der Waals surface area contributed by atoms with Crippen molar-refractivity contribution in [1.29, 1.82) is 0 Å². The number of allylic oxidation sites excluding steroid dienone is 1. The first-order valence-electron chi connectivity index (χ1n) is 7.42. The minimum Gasteiger partial charge on any atom is -0.392 e. The van der Waals surface area contributed by atoms with Crippen molar-refractivity contribution in [2.75, 3.05) is 26.2 Å². The van der Waals surface area contributed by atoms with Crippen molar-refractivity contribution < 1.29 is 5.11 Å². The first-order chi connectivity index (χ1) is 8.65. The lowest BCUT2D eigenvalue weighted by Crippen LogP contribution is -2.44. The van der Waals surface area contributed by atoms with Crippen LogP contribution in [0.3, 0.4) is 0 Å². The van der Waals surface area contributed by atoms with Crippen LogP contribution in [0.4, 0.5) is 0 Å². The van der Waals surface area contributed by atoms with Crippen molar-refractivity contribution in [2.24, 2.45) is 5.92 Å². The minimum atomic E-state index is -0.103. The van der Waals surface area contributed by atoms with Gasteiger partial charge in [-0.2, -0.15) is 0 Å². The van der Waals surface area contributed by atoms with Crippen molar-refractivity contribution in [3.05, 3.63) is 11.6 Å². The number of hydrogen-bond donors (Lipinski definition) is 2. The van der Waals surface area contributed by atoms with Crippen molar-refractivity contribution >= 4 is 0 Å². The highest BCUT2D eigenvalue weighted by atomic mass is 16.3. The summed E-state index contributed by atoms with van der Waals surface area (Å²) in [5, 5.41) is 13.4. The van der Waals surface area contributed by atoms with Crippen molar-refractivity contribution in [3.8, 4) is 0 Å². The fraction of sp³-hybridized carbons (Fsp3) is 0.867.